The standard InChI is InChI=1S/Ge.3Se.Zn/q+4;3*-2;+2. The Hall–Kier alpha value is 2.72. The van der Waals surface area contributed by atoms with Gasteiger partial charge < -0.3 is 51.2 Å². The molecule has 0 saturated carbocycles. The van der Waals surface area contributed by atoms with Crippen molar-refractivity contribution in [3.8, 4) is 0 Å². The predicted octanol–water partition coefficient (Wildman–Crippen LogP) is -1.53. The van der Waals surface area contributed by atoms with Crippen LogP contribution in [-0.2, 0) is 19.5 Å². The molecule has 0 aromatic heterocycles. The molecular weight excluding hydrogens is 375 g/mol. The van der Waals surface area contributed by atoms with E-state index in [0.29, 0.717) is 0 Å². The first-order valence-electron chi connectivity index (χ1n) is 0. The zero-order valence-electron chi connectivity index (χ0n) is 2.43. The molecule has 0 nitrogen and oxygen atoms in total. The topological polar surface area (TPSA) is 0 Å². The Morgan fingerprint density at radius 1 is 0.600 bits per heavy atom. The van der Waals surface area contributed by atoms with E-state index in [1.54, 1.807) is 0 Å². The molecule has 0 spiro atoms. The van der Waals surface area contributed by atoms with Gasteiger partial charge in [-0.15, -0.1) is 0 Å². The predicted molar refractivity (Wildman–Crippen MR) is 23.0 cm³/mol. The van der Waals surface area contributed by atoms with Gasteiger partial charge >= 0.3 is 37.1 Å². The average molecular weight is 375 g/mol. The van der Waals surface area contributed by atoms with Gasteiger partial charge in [0.05, 0.1) is 0 Å². The third-order valence-corrected chi connectivity index (χ3v) is 0. The van der Waals surface area contributed by atoms with Crippen LogP contribution in [0.3, 0.4) is 0 Å². The van der Waals surface area contributed by atoms with Crippen LogP contribution in [0, 0.1) is 0 Å². The SMILES string of the molecule is [Ge+4].[Se-2].[Se-2].[Se-2].[Zn+2]. The van der Waals surface area contributed by atoms with Gasteiger partial charge in [0.15, 0.2) is 0 Å². The van der Waals surface area contributed by atoms with E-state index in [0.717, 1.165) is 0 Å². The molecule has 0 bridgehead atoms. The average Bonchev–Trinajstić information content (AvgIpc) is 0. The van der Waals surface area contributed by atoms with Crippen LogP contribution < -0.4 is 0 Å². The van der Waals surface area contributed by atoms with Gasteiger partial charge in [-0.25, -0.2) is 0 Å². The molecule has 0 N–H and O–H groups in total. The van der Waals surface area contributed by atoms with Crippen LogP contribution in [0.5, 0.6) is 0 Å². The first-order valence-corrected chi connectivity index (χ1v) is 0. The van der Waals surface area contributed by atoms with Crippen molar-refractivity contribution in [2.45, 2.75) is 0 Å². The van der Waals surface area contributed by atoms with Crippen molar-refractivity contribution in [3.05, 3.63) is 0 Å². The monoisotopic (exact) mass is 378 g/mol. The third-order valence-electron chi connectivity index (χ3n) is 0. The van der Waals surface area contributed by atoms with E-state index in [9.17, 15) is 0 Å². The molecule has 0 aliphatic carbocycles. The molecule has 0 heterocycles. The Morgan fingerprint density at radius 2 is 0.600 bits per heavy atom. The Bertz CT molecular complexity index is 6.85. The molecule has 0 aliphatic heterocycles. The summed E-state index contributed by atoms with van der Waals surface area (Å²) in [6.45, 7) is 0. The molecule has 0 saturated heterocycles. The zero-order chi connectivity index (χ0) is 0. The molecular formula is GeSe3Zn. The molecule has 0 rings (SSSR count). The number of rotatable bonds is 0. The van der Waals surface area contributed by atoms with Gasteiger partial charge in [-0.05, 0) is 0 Å². The van der Waals surface area contributed by atoms with E-state index in [4.69, 9.17) is 0 Å². The van der Waals surface area contributed by atoms with E-state index in [-0.39, 0.29) is 88.3 Å². The minimum atomic E-state index is 0. The maximum atomic E-state index is 0. The fourth-order valence-electron chi connectivity index (χ4n) is 0. The van der Waals surface area contributed by atoms with Gasteiger partial charge in [0.2, 0.25) is 0 Å². The van der Waals surface area contributed by atoms with Crippen LogP contribution in [0.1, 0.15) is 0 Å². The van der Waals surface area contributed by atoms with Gasteiger partial charge in [0.1, 0.15) is 0 Å². The molecule has 5 heteroatoms. The van der Waals surface area contributed by atoms with Crippen LogP contribution in [0.4, 0.5) is 0 Å². The summed E-state index contributed by atoms with van der Waals surface area (Å²) in [6.07, 6.45) is 0. The molecule has 0 radical (unpaired) electrons. The Labute approximate surface area is 87.1 Å². The fourth-order valence-corrected chi connectivity index (χ4v) is 0. The van der Waals surface area contributed by atoms with Crippen molar-refractivity contribution in [2.75, 3.05) is 0 Å². The summed E-state index contributed by atoms with van der Waals surface area (Å²) < 4.78 is 0. The summed E-state index contributed by atoms with van der Waals surface area (Å²) in [5.41, 5.74) is 0. The van der Waals surface area contributed by atoms with E-state index in [1.807, 2.05) is 0 Å². The Kier molecular flexibility index (Phi) is 279. The number of hydrogen-bond acceptors (Lipinski definition) is 0. The van der Waals surface area contributed by atoms with Gasteiger partial charge in [-0.3, -0.25) is 0 Å². The van der Waals surface area contributed by atoms with Crippen molar-refractivity contribution >= 4 is 68.8 Å². The maximum absolute atomic E-state index is 0. The van der Waals surface area contributed by atoms with Crippen molar-refractivity contribution < 1.29 is 19.5 Å². The Morgan fingerprint density at radius 3 is 0.600 bits per heavy atom. The normalized spacial score (nSPS) is 0. The molecule has 0 amide bonds. The molecule has 0 atom stereocenters. The van der Waals surface area contributed by atoms with Gasteiger partial charge in [-0.1, -0.05) is 0 Å². The van der Waals surface area contributed by atoms with Crippen LogP contribution in [0.25, 0.3) is 0 Å². The first-order chi connectivity index (χ1) is 0. The molecule has 24 valence electrons. The van der Waals surface area contributed by atoms with E-state index in [2.05, 4.69) is 0 Å². The molecule has 0 aromatic rings. The fraction of sp³-hybridized carbons (Fsp3) is 0. The molecule has 5 heavy (non-hydrogen) atoms. The van der Waals surface area contributed by atoms with Crippen LogP contribution >= 0.6 is 0 Å². The summed E-state index contributed by atoms with van der Waals surface area (Å²) >= 11 is 0. The maximum Gasteiger partial charge on any atom is 4.00 e. The molecule has 0 fully saturated rings. The number of hydrogen-bond donors (Lipinski definition) is 0. The minimum Gasteiger partial charge on any atom is -2.00 e. The smallest absolute Gasteiger partial charge is 2.00 e. The van der Waals surface area contributed by atoms with Gasteiger partial charge in [-0.2, -0.15) is 0 Å². The summed E-state index contributed by atoms with van der Waals surface area (Å²) in [4.78, 5) is 0. The summed E-state index contributed by atoms with van der Waals surface area (Å²) in [5, 5.41) is 0. The summed E-state index contributed by atoms with van der Waals surface area (Å²) in [7, 11) is 0. The second-order valence-corrected chi connectivity index (χ2v) is 0. The summed E-state index contributed by atoms with van der Waals surface area (Å²) in [6, 6.07) is 0. The van der Waals surface area contributed by atoms with Crippen LogP contribution in [0.15, 0.2) is 0 Å². The van der Waals surface area contributed by atoms with Crippen molar-refractivity contribution in [2.24, 2.45) is 0 Å². The van der Waals surface area contributed by atoms with Crippen molar-refractivity contribution in [1.82, 2.24) is 0 Å². The quantitative estimate of drug-likeness (QED) is 0.452. The van der Waals surface area contributed by atoms with Crippen molar-refractivity contribution in [1.29, 1.82) is 0 Å². The van der Waals surface area contributed by atoms with E-state index < -0.39 is 0 Å². The largest absolute Gasteiger partial charge is 4.00 e. The van der Waals surface area contributed by atoms with E-state index in [1.165, 1.54) is 0 Å². The van der Waals surface area contributed by atoms with Gasteiger partial charge in [0, 0.05) is 0 Å². The molecule has 0 unspecified atom stereocenters. The minimum absolute atomic E-state index is 0. The summed E-state index contributed by atoms with van der Waals surface area (Å²) in [5.74, 6) is 0. The first kappa shape index (κ1) is 47.1. The van der Waals surface area contributed by atoms with E-state index >= 15 is 0 Å². The van der Waals surface area contributed by atoms with Crippen LogP contribution in [0.2, 0.25) is 0 Å². The Balaban J connectivity index is 0. The molecule has 0 aromatic carbocycles. The molecule has 0 aliphatic rings. The zero-order valence-corrected chi connectivity index (χ0v) is 12.6. The third kappa shape index (κ3) is 20.2. The van der Waals surface area contributed by atoms with Crippen molar-refractivity contribution in [3.63, 3.8) is 0 Å². The van der Waals surface area contributed by atoms with Crippen LogP contribution in [-0.4, -0.2) is 68.8 Å². The second kappa shape index (κ2) is 29.7. The second-order valence-electron chi connectivity index (χ2n) is 0. The van der Waals surface area contributed by atoms with Gasteiger partial charge in [0.25, 0.3) is 0 Å².